The molecule has 1 aliphatic rings. The third-order valence-corrected chi connectivity index (χ3v) is 5.04. The van der Waals surface area contributed by atoms with Gasteiger partial charge in [0, 0.05) is 18.0 Å². The fraction of sp³-hybridized carbons (Fsp3) is 0.389. The fourth-order valence-electron chi connectivity index (χ4n) is 3.33. The fourth-order valence-corrected chi connectivity index (χ4v) is 3.57. The van der Waals surface area contributed by atoms with E-state index in [4.69, 9.17) is 20.8 Å². The minimum absolute atomic E-state index is 0.208. The van der Waals surface area contributed by atoms with Crippen LogP contribution in [0.2, 0.25) is 5.02 Å². The van der Waals surface area contributed by atoms with Crippen molar-refractivity contribution in [2.45, 2.75) is 32.2 Å². The molecule has 2 heterocycles. The maximum atomic E-state index is 12.6. The summed E-state index contributed by atoms with van der Waals surface area (Å²) in [5.74, 6) is -1.05. The molecule has 1 saturated heterocycles. The van der Waals surface area contributed by atoms with Gasteiger partial charge in [-0.15, -0.1) is 0 Å². The van der Waals surface area contributed by atoms with Crippen LogP contribution >= 0.6 is 11.6 Å². The lowest BCUT2D eigenvalue weighted by Crippen LogP contribution is -2.41. The summed E-state index contributed by atoms with van der Waals surface area (Å²) in [7, 11) is 1.46. The second-order valence-corrected chi connectivity index (χ2v) is 6.64. The number of benzene rings is 1. The van der Waals surface area contributed by atoms with Crippen molar-refractivity contribution >= 4 is 34.4 Å². The number of methoxy groups -OCH3 is 1. The number of ether oxygens (including phenoxy) is 1. The van der Waals surface area contributed by atoms with Gasteiger partial charge in [-0.2, -0.15) is 0 Å². The lowest BCUT2D eigenvalue weighted by atomic mass is 10.0. The Morgan fingerprint density at radius 3 is 2.81 bits per heavy atom. The van der Waals surface area contributed by atoms with E-state index in [9.17, 15) is 19.5 Å². The summed E-state index contributed by atoms with van der Waals surface area (Å²) < 4.78 is 10.4. The summed E-state index contributed by atoms with van der Waals surface area (Å²) in [6, 6.07) is 2.31. The molecule has 1 atom stereocenters. The first kappa shape index (κ1) is 18.3. The first-order valence-electron chi connectivity index (χ1n) is 8.15. The molecule has 1 aromatic carbocycles. The first-order valence-corrected chi connectivity index (χ1v) is 8.53. The highest BCUT2D eigenvalue weighted by molar-refractivity contribution is 6.32. The predicted octanol–water partition coefficient (Wildman–Crippen LogP) is 2.38. The number of aryl methyl sites for hydroxylation is 1. The standard InChI is InChI=1S/C18H18ClNO6/c1-9-10-6-12(19)15(25-2)8-14(10)26-18(24)11(9)7-16(21)20-5-3-4-13(20)17(22)23/h6,8,13H,3-5,7H2,1-2H3,(H,22,23)/t13-/m1/s1. The molecule has 2 aromatic rings. The summed E-state index contributed by atoms with van der Waals surface area (Å²) in [4.78, 5) is 37.5. The van der Waals surface area contributed by atoms with Crippen molar-refractivity contribution in [1.82, 2.24) is 4.90 Å². The molecule has 0 unspecified atom stereocenters. The molecule has 1 aliphatic heterocycles. The van der Waals surface area contributed by atoms with E-state index in [1.165, 1.54) is 18.1 Å². The Morgan fingerprint density at radius 1 is 1.42 bits per heavy atom. The Balaban J connectivity index is 1.99. The summed E-state index contributed by atoms with van der Waals surface area (Å²) >= 11 is 6.15. The predicted molar refractivity (Wildman–Crippen MR) is 94.9 cm³/mol. The van der Waals surface area contributed by atoms with Crippen molar-refractivity contribution < 1.29 is 23.8 Å². The normalized spacial score (nSPS) is 16.9. The third-order valence-electron chi connectivity index (χ3n) is 4.75. The van der Waals surface area contributed by atoms with Gasteiger partial charge in [-0.25, -0.2) is 9.59 Å². The molecule has 1 aromatic heterocycles. The maximum absolute atomic E-state index is 12.6. The monoisotopic (exact) mass is 379 g/mol. The Kier molecular flexibility index (Phi) is 4.91. The summed E-state index contributed by atoms with van der Waals surface area (Å²) in [6.07, 6.45) is 0.836. The van der Waals surface area contributed by atoms with Gasteiger partial charge in [-0.1, -0.05) is 11.6 Å². The molecule has 8 heteroatoms. The number of carboxylic acid groups (broad SMARTS) is 1. The van der Waals surface area contributed by atoms with Crippen LogP contribution in [0, 0.1) is 6.92 Å². The van der Waals surface area contributed by atoms with Gasteiger partial charge < -0.3 is 19.2 Å². The van der Waals surface area contributed by atoms with E-state index in [-0.39, 0.29) is 12.0 Å². The Hall–Kier alpha value is -2.54. The number of hydrogen-bond acceptors (Lipinski definition) is 5. The van der Waals surface area contributed by atoms with Gasteiger partial charge in [0.25, 0.3) is 0 Å². The molecule has 0 aliphatic carbocycles. The number of carbonyl (C=O) groups excluding carboxylic acids is 1. The molecule has 1 N–H and O–H groups in total. The minimum Gasteiger partial charge on any atom is -0.495 e. The molecule has 1 amide bonds. The van der Waals surface area contributed by atoms with Crippen LogP contribution in [-0.2, 0) is 16.0 Å². The van der Waals surface area contributed by atoms with Crippen LogP contribution in [0.15, 0.2) is 21.3 Å². The van der Waals surface area contributed by atoms with Gasteiger partial charge in [-0.3, -0.25) is 4.79 Å². The van der Waals surface area contributed by atoms with Gasteiger partial charge in [-0.05, 0) is 31.4 Å². The molecule has 1 fully saturated rings. The van der Waals surface area contributed by atoms with Crippen LogP contribution in [0.5, 0.6) is 5.75 Å². The van der Waals surface area contributed by atoms with Crippen molar-refractivity contribution in [2.75, 3.05) is 13.7 Å². The first-order chi connectivity index (χ1) is 12.3. The topological polar surface area (TPSA) is 97.0 Å². The number of carbonyl (C=O) groups is 2. The molecular formula is C18H18ClNO6. The molecule has 0 bridgehead atoms. The van der Waals surface area contributed by atoms with E-state index >= 15 is 0 Å². The van der Waals surface area contributed by atoms with Gasteiger partial charge in [0.2, 0.25) is 5.91 Å². The van der Waals surface area contributed by atoms with Crippen LogP contribution in [0.25, 0.3) is 11.0 Å². The van der Waals surface area contributed by atoms with Gasteiger partial charge >= 0.3 is 11.6 Å². The average molecular weight is 380 g/mol. The molecular weight excluding hydrogens is 362 g/mol. The highest BCUT2D eigenvalue weighted by Gasteiger charge is 2.34. The third kappa shape index (κ3) is 3.14. The highest BCUT2D eigenvalue weighted by Crippen LogP contribution is 2.31. The number of nitrogens with zero attached hydrogens (tertiary/aromatic N) is 1. The second kappa shape index (κ2) is 6.99. The second-order valence-electron chi connectivity index (χ2n) is 6.24. The number of carboxylic acids is 1. The highest BCUT2D eigenvalue weighted by atomic mass is 35.5. The zero-order valence-corrected chi connectivity index (χ0v) is 15.1. The molecule has 26 heavy (non-hydrogen) atoms. The quantitative estimate of drug-likeness (QED) is 0.819. The number of amides is 1. The van der Waals surface area contributed by atoms with Crippen LogP contribution < -0.4 is 10.4 Å². The van der Waals surface area contributed by atoms with E-state index in [1.54, 1.807) is 13.0 Å². The molecule has 7 nitrogen and oxygen atoms in total. The maximum Gasteiger partial charge on any atom is 0.340 e. The molecule has 3 rings (SSSR count). The zero-order valence-electron chi connectivity index (χ0n) is 14.4. The van der Waals surface area contributed by atoms with Crippen LogP contribution in [0.4, 0.5) is 0 Å². The number of rotatable bonds is 4. The van der Waals surface area contributed by atoms with Crippen LogP contribution in [0.3, 0.4) is 0 Å². The van der Waals surface area contributed by atoms with Crippen molar-refractivity contribution in [2.24, 2.45) is 0 Å². The van der Waals surface area contributed by atoms with Gasteiger partial charge in [0.15, 0.2) is 0 Å². The lowest BCUT2D eigenvalue weighted by molar-refractivity contribution is -0.148. The molecule has 138 valence electrons. The molecule has 0 spiro atoms. The summed E-state index contributed by atoms with van der Waals surface area (Å²) in [5, 5.41) is 10.2. The van der Waals surface area contributed by atoms with Crippen molar-refractivity contribution in [3.05, 3.63) is 38.7 Å². The Bertz CT molecular complexity index is 951. The van der Waals surface area contributed by atoms with E-state index < -0.39 is 23.5 Å². The van der Waals surface area contributed by atoms with Gasteiger partial charge in [0.05, 0.1) is 24.1 Å². The lowest BCUT2D eigenvalue weighted by Gasteiger charge is -2.21. The number of halogens is 1. The van der Waals surface area contributed by atoms with Crippen molar-refractivity contribution in [1.29, 1.82) is 0 Å². The smallest absolute Gasteiger partial charge is 0.340 e. The summed E-state index contributed by atoms with van der Waals surface area (Å²) in [5.41, 5.74) is 0.480. The van der Waals surface area contributed by atoms with E-state index in [0.29, 0.717) is 46.7 Å². The van der Waals surface area contributed by atoms with Crippen molar-refractivity contribution in [3.63, 3.8) is 0 Å². The Morgan fingerprint density at radius 2 is 2.15 bits per heavy atom. The van der Waals surface area contributed by atoms with E-state index in [2.05, 4.69) is 0 Å². The molecule has 0 saturated carbocycles. The van der Waals surface area contributed by atoms with E-state index in [1.807, 2.05) is 0 Å². The van der Waals surface area contributed by atoms with Crippen molar-refractivity contribution in [3.8, 4) is 5.75 Å². The van der Waals surface area contributed by atoms with Crippen LogP contribution in [0.1, 0.15) is 24.0 Å². The SMILES string of the molecule is COc1cc2oc(=O)c(CC(=O)N3CCC[C@@H]3C(=O)O)c(C)c2cc1Cl. The average Bonchev–Trinajstić information content (AvgIpc) is 3.09. The van der Waals surface area contributed by atoms with Gasteiger partial charge in [0.1, 0.15) is 17.4 Å². The molecule has 0 radical (unpaired) electrons. The number of likely N-dealkylation sites (tertiary alicyclic amines) is 1. The van der Waals surface area contributed by atoms with E-state index in [0.717, 1.165) is 0 Å². The number of aliphatic carboxylic acids is 1. The number of fused-ring (bicyclic) bond motifs is 1. The van der Waals surface area contributed by atoms with Crippen LogP contribution in [-0.4, -0.2) is 41.6 Å². The minimum atomic E-state index is -1.03. The summed E-state index contributed by atoms with van der Waals surface area (Å²) in [6.45, 7) is 2.08. The number of hydrogen-bond donors (Lipinski definition) is 1. The zero-order chi connectivity index (χ0) is 19.0. The largest absolute Gasteiger partial charge is 0.495 e. The Labute approximate surface area is 154 Å².